The van der Waals surface area contributed by atoms with Gasteiger partial charge in [-0.2, -0.15) is 5.10 Å². The van der Waals surface area contributed by atoms with Crippen molar-refractivity contribution in [2.75, 3.05) is 24.6 Å². The van der Waals surface area contributed by atoms with Gasteiger partial charge in [0, 0.05) is 24.3 Å². The van der Waals surface area contributed by atoms with Crippen molar-refractivity contribution in [3.63, 3.8) is 0 Å². The van der Waals surface area contributed by atoms with Crippen molar-refractivity contribution in [2.24, 2.45) is 5.92 Å². The van der Waals surface area contributed by atoms with E-state index in [9.17, 15) is 4.79 Å². The van der Waals surface area contributed by atoms with Crippen molar-refractivity contribution < 1.29 is 9.53 Å². The van der Waals surface area contributed by atoms with E-state index in [0.717, 1.165) is 39.8 Å². The number of aromatic nitrogens is 2. The first-order chi connectivity index (χ1) is 10.8. The Morgan fingerprint density at radius 3 is 3.05 bits per heavy atom. The number of hydrogen-bond acceptors (Lipinski definition) is 5. The number of amides is 1. The number of carbonyl (C=O) groups is 1. The molecule has 2 aromatic rings. The van der Waals surface area contributed by atoms with Crippen LogP contribution in [0, 0.1) is 5.92 Å². The van der Waals surface area contributed by atoms with Crippen LogP contribution in [0.4, 0.5) is 5.69 Å². The molecule has 1 fully saturated rings. The Morgan fingerprint density at radius 2 is 2.27 bits per heavy atom. The molecule has 1 saturated carbocycles. The highest BCUT2D eigenvalue weighted by molar-refractivity contribution is 7.18. The smallest absolute Gasteiger partial charge is 0.263 e. The summed E-state index contributed by atoms with van der Waals surface area (Å²) >= 11 is 1.50. The molecular weight excluding hydrogens is 300 g/mol. The largest absolute Gasteiger partial charge is 0.488 e. The summed E-state index contributed by atoms with van der Waals surface area (Å²) in [5, 5.41) is 9.96. The molecule has 0 aromatic carbocycles. The number of nitrogens with zero attached hydrogens (tertiary/aromatic N) is 2. The highest BCUT2D eigenvalue weighted by Crippen LogP contribution is 2.52. The molecule has 22 heavy (non-hydrogen) atoms. The summed E-state index contributed by atoms with van der Waals surface area (Å²) in [6, 6.07) is 0.402. The van der Waals surface area contributed by atoms with Gasteiger partial charge in [0.2, 0.25) is 0 Å². The van der Waals surface area contributed by atoms with Crippen LogP contribution in [0.3, 0.4) is 0 Å². The monoisotopic (exact) mass is 316 g/mol. The minimum atomic E-state index is 0.0228. The van der Waals surface area contributed by atoms with Gasteiger partial charge < -0.3 is 15.0 Å². The van der Waals surface area contributed by atoms with E-state index in [-0.39, 0.29) is 5.91 Å². The Bertz CT molecular complexity index is 735. The Kier molecular flexibility index (Phi) is 2.55. The molecule has 114 valence electrons. The summed E-state index contributed by atoms with van der Waals surface area (Å²) in [5.41, 5.74) is 1.98. The third-order valence-electron chi connectivity index (χ3n) is 4.71. The molecule has 0 unspecified atom stereocenters. The van der Waals surface area contributed by atoms with E-state index < -0.39 is 0 Å². The number of carbonyl (C=O) groups excluding carboxylic acids is 1. The summed E-state index contributed by atoms with van der Waals surface area (Å²) in [7, 11) is 0. The Balaban J connectivity index is 1.70. The SMILES string of the molecule is O=C1NC[C@@H](C2CC2)N2CCOc3c(-c4cn[nH]c4)sc1c32. The molecule has 1 atom stereocenters. The maximum atomic E-state index is 12.5. The van der Waals surface area contributed by atoms with E-state index in [1.54, 1.807) is 6.20 Å². The molecule has 3 aliphatic rings. The van der Waals surface area contributed by atoms with Crippen LogP contribution >= 0.6 is 11.3 Å². The second-order valence-corrected chi connectivity index (χ2v) is 7.10. The molecule has 6 nitrogen and oxygen atoms in total. The van der Waals surface area contributed by atoms with Crippen molar-refractivity contribution in [2.45, 2.75) is 18.9 Å². The van der Waals surface area contributed by atoms with Crippen molar-refractivity contribution in [1.29, 1.82) is 0 Å². The molecule has 2 aliphatic heterocycles. The number of aromatic amines is 1. The van der Waals surface area contributed by atoms with Crippen LogP contribution in [0.25, 0.3) is 10.4 Å². The molecule has 2 N–H and O–H groups in total. The molecule has 1 amide bonds. The van der Waals surface area contributed by atoms with Gasteiger partial charge in [-0.3, -0.25) is 9.89 Å². The van der Waals surface area contributed by atoms with Crippen LogP contribution in [0.15, 0.2) is 12.4 Å². The van der Waals surface area contributed by atoms with Crippen LogP contribution in [0.2, 0.25) is 0 Å². The summed E-state index contributed by atoms with van der Waals surface area (Å²) in [4.78, 5) is 16.7. The first-order valence-corrected chi connectivity index (χ1v) is 8.48. The lowest BCUT2D eigenvalue weighted by atomic mass is 10.1. The highest BCUT2D eigenvalue weighted by Gasteiger charge is 2.43. The van der Waals surface area contributed by atoms with E-state index in [1.165, 1.54) is 24.2 Å². The number of hydrogen-bond donors (Lipinski definition) is 2. The number of anilines is 1. The van der Waals surface area contributed by atoms with E-state index in [4.69, 9.17) is 4.74 Å². The lowest BCUT2D eigenvalue weighted by molar-refractivity contribution is 0.0958. The van der Waals surface area contributed by atoms with Gasteiger partial charge in [-0.05, 0) is 18.8 Å². The standard InChI is InChI=1S/C15H16N4O2S/c20-15-14-11-12(13(22-14)9-5-17-18-6-9)21-4-3-19(11)10(7-16-15)8-1-2-8/h5-6,8,10H,1-4,7H2,(H,16,20)(H,17,18)/t10-/m0/s1. The quantitative estimate of drug-likeness (QED) is 0.887. The molecule has 2 aromatic heterocycles. The fourth-order valence-corrected chi connectivity index (χ4v) is 4.65. The van der Waals surface area contributed by atoms with Gasteiger partial charge in [0.25, 0.3) is 5.91 Å². The van der Waals surface area contributed by atoms with Crippen LogP contribution in [0.5, 0.6) is 5.75 Å². The van der Waals surface area contributed by atoms with Gasteiger partial charge in [0.15, 0.2) is 5.75 Å². The van der Waals surface area contributed by atoms with Crippen LogP contribution in [-0.4, -0.2) is 41.8 Å². The lowest BCUT2D eigenvalue weighted by Crippen LogP contribution is -2.46. The zero-order valence-corrected chi connectivity index (χ0v) is 12.8. The summed E-state index contributed by atoms with van der Waals surface area (Å²) in [5.74, 6) is 1.58. The second-order valence-electron chi connectivity index (χ2n) is 6.08. The Hall–Kier alpha value is -2.02. The number of nitrogens with one attached hydrogen (secondary N) is 2. The van der Waals surface area contributed by atoms with Gasteiger partial charge in [-0.25, -0.2) is 0 Å². The average Bonchev–Trinajstić information content (AvgIpc) is 3.11. The lowest BCUT2D eigenvalue weighted by Gasteiger charge is -2.35. The minimum absolute atomic E-state index is 0.0228. The minimum Gasteiger partial charge on any atom is -0.488 e. The van der Waals surface area contributed by atoms with Crippen molar-refractivity contribution in [1.82, 2.24) is 15.5 Å². The number of H-pyrrole nitrogens is 1. The summed E-state index contributed by atoms with van der Waals surface area (Å²) in [6.07, 6.45) is 6.16. The van der Waals surface area contributed by atoms with Gasteiger partial charge in [0.05, 0.1) is 17.6 Å². The molecule has 0 saturated heterocycles. The van der Waals surface area contributed by atoms with Gasteiger partial charge in [-0.15, -0.1) is 11.3 Å². The molecule has 5 rings (SSSR count). The molecule has 7 heteroatoms. The fraction of sp³-hybridized carbons (Fsp3) is 0.467. The van der Waals surface area contributed by atoms with Gasteiger partial charge in [0.1, 0.15) is 17.2 Å². The first kappa shape index (κ1) is 12.5. The first-order valence-electron chi connectivity index (χ1n) is 7.66. The summed E-state index contributed by atoms with van der Waals surface area (Å²) < 4.78 is 5.96. The maximum Gasteiger partial charge on any atom is 0.263 e. The number of thiophene rings is 1. The topological polar surface area (TPSA) is 70.2 Å². The molecule has 4 heterocycles. The fourth-order valence-electron chi connectivity index (χ4n) is 3.50. The number of rotatable bonds is 2. The third-order valence-corrected chi connectivity index (χ3v) is 5.92. The second kappa shape index (κ2) is 4.49. The zero-order valence-electron chi connectivity index (χ0n) is 12.0. The molecular formula is C15H16N4O2S. The van der Waals surface area contributed by atoms with Gasteiger partial charge >= 0.3 is 0 Å². The van der Waals surface area contributed by atoms with Crippen molar-refractivity contribution >= 4 is 22.9 Å². The molecule has 0 bridgehead atoms. The van der Waals surface area contributed by atoms with E-state index in [0.29, 0.717) is 18.6 Å². The maximum absolute atomic E-state index is 12.5. The normalized spacial score (nSPS) is 23.5. The highest BCUT2D eigenvalue weighted by atomic mass is 32.1. The van der Waals surface area contributed by atoms with Crippen LogP contribution in [-0.2, 0) is 0 Å². The molecule has 1 aliphatic carbocycles. The Labute approximate surface area is 131 Å². The number of ether oxygens (including phenoxy) is 1. The Morgan fingerprint density at radius 1 is 1.36 bits per heavy atom. The van der Waals surface area contributed by atoms with Crippen molar-refractivity contribution in [3.8, 4) is 16.2 Å². The molecule has 0 radical (unpaired) electrons. The predicted octanol–water partition coefficient (Wildman–Crippen LogP) is 1.86. The van der Waals surface area contributed by atoms with Crippen LogP contribution in [0.1, 0.15) is 22.5 Å². The van der Waals surface area contributed by atoms with E-state index in [1.807, 2.05) is 6.20 Å². The van der Waals surface area contributed by atoms with Gasteiger partial charge in [-0.1, -0.05) is 0 Å². The van der Waals surface area contributed by atoms with E-state index in [2.05, 4.69) is 20.4 Å². The van der Waals surface area contributed by atoms with E-state index >= 15 is 0 Å². The zero-order chi connectivity index (χ0) is 14.7. The molecule has 0 spiro atoms. The average molecular weight is 316 g/mol. The van der Waals surface area contributed by atoms with Crippen molar-refractivity contribution in [3.05, 3.63) is 17.3 Å². The summed E-state index contributed by atoms with van der Waals surface area (Å²) in [6.45, 7) is 2.27. The third kappa shape index (κ3) is 1.71. The predicted molar refractivity (Wildman–Crippen MR) is 83.6 cm³/mol. The van der Waals surface area contributed by atoms with Crippen LogP contribution < -0.4 is 15.0 Å².